The molecule has 1 aliphatic rings. The molecule has 0 saturated carbocycles. The fourth-order valence-electron chi connectivity index (χ4n) is 3.35. The van der Waals surface area contributed by atoms with E-state index in [0.29, 0.717) is 0 Å². The molecule has 0 N–H and O–H groups in total. The van der Waals surface area contributed by atoms with Crippen molar-refractivity contribution >= 4 is 33.3 Å². The molecule has 0 saturated heterocycles. The van der Waals surface area contributed by atoms with E-state index in [2.05, 4.69) is 92.1 Å². The van der Waals surface area contributed by atoms with E-state index in [-0.39, 0.29) is 0 Å². The Bertz CT molecular complexity index is 1030. The number of fused-ring (bicyclic) bond motifs is 1. The molecule has 134 valence electrons. The smallest absolute Gasteiger partial charge is 0.300 e. The molecule has 3 nitrogen and oxygen atoms in total. The maximum atomic E-state index is 5.03. The van der Waals surface area contributed by atoms with Crippen LogP contribution in [0.3, 0.4) is 0 Å². The zero-order valence-corrected chi connectivity index (χ0v) is 17.0. The van der Waals surface area contributed by atoms with Crippen LogP contribution in [0.2, 0.25) is 0 Å². The highest BCUT2D eigenvalue weighted by atomic mass is 79.9. The van der Waals surface area contributed by atoms with E-state index in [9.17, 15) is 0 Å². The monoisotopic (exact) mass is 418 g/mol. The van der Waals surface area contributed by atoms with Crippen LogP contribution < -0.4 is 4.90 Å². The SMILES string of the molecule is C[N+](C)=C1N=C(N(Cc2ccccc2)c2ccccc2Br)c2ccccc21. The Balaban J connectivity index is 1.88. The largest absolute Gasteiger partial charge is 0.328 e. The number of para-hydroxylation sites is 1. The van der Waals surface area contributed by atoms with Gasteiger partial charge in [-0.15, -0.1) is 0 Å². The lowest BCUT2D eigenvalue weighted by Gasteiger charge is -2.23. The van der Waals surface area contributed by atoms with Crippen molar-refractivity contribution in [2.45, 2.75) is 6.54 Å². The van der Waals surface area contributed by atoms with Crippen molar-refractivity contribution in [2.24, 2.45) is 4.99 Å². The Morgan fingerprint density at radius 3 is 2.15 bits per heavy atom. The molecule has 3 aromatic carbocycles. The Morgan fingerprint density at radius 2 is 1.44 bits per heavy atom. The number of hydrogen-bond donors (Lipinski definition) is 0. The summed E-state index contributed by atoms with van der Waals surface area (Å²) in [6.07, 6.45) is 0. The Kier molecular flexibility index (Phi) is 4.90. The van der Waals surface area contributed by atoms with E-state index in [1.54, 1.807) is 0 Å². The Labute approximate surface area is 168 Å². The topological polar surface area (TPSA) is 18.6 Å². The Hall–Kier alpha value is -2.72. The average Bonchev–Trinajstić information content (AvgIpc) is 3.07. The van der Waals surface area contributed by atoms with E-state index in [4.69, 9.17) is 4.99 Å². The van der Waals surface area contributed by atoms with Crippen LogP contribution in [0, 0.1) is 0 Å². The van der Waals surface area contributed by atoms with Gasteiger partial charge in [-0.1, -0.05) is 54.6 Å². The van der Waals surface area contributed by atoms with Crippen LogP contribution in [0.4, 0.5) is 5.69 Å². The lowest BCUT2D eigenvalue weighted by Crippen LogP contribution is -2.30. The van der Waals surface area contributed by atoms with E-state index < -0.39 is 0 Å². The molecule has 0 bridgehead atoms. The minimum absolute atomic E-state index is 0.747. The van der Waals surface area contributed by atoms with Gasteiger partial charge in [-0.25, -0.2) is 0 Å². The quantitative estimate of drug-likeness (QED) is 0.551. The number of aliphatic imine (C=N–C) groups is 1. The minimum atomic E-state index is 0.747. The van der Waals surface area contributed by atoms with Gasteiger partial charge in [-0.3, -0.25) is 9.48 Å². The van der Waals surface area contributed by atoms with Crippen molar-refractivity contribution in [1.82, 2.24) is 0 Å². The fourth-order valence-corrected chi connectivity index (χ4v) is 3.85. The number of anilines is 1. The lowest BCUT2D eigenvalue weighted by molar-refractivity contribution is -0.464. The third-order valence-corrected chi connectivity index (χ3v) is 5.30. The Morgan fingerprint density at radius 1 is 0.815 bits per heavy atom. The molecule has 3 aromatic rings. The molecule has 4 heteroatoms. The van der Waals surface area contributed by atoms with Crippen LogP contribution in [-0.4, -0.2) is 30.3 Å². The van der Waals surface area contributed by atoms with Gasteiger partial charge >= 0.3 is 5.84 Å². The molecular formula is C23H21BrN3+. The van der Waals surface area contributed by atoms with Crippen LogP contribution in [0.25, 0.3) is 0 Å². The second-order valence-electron chi connectivity index (χ2n) is 6.72. The third-order valence-electron chi connectivity index (χ3n) is 4.63. The molecule has 1 aliphatic heterocycles. The summed E-state index contributed by atoms with van der Waals surface area (Å²) in [5, 5.41) is 0. The molecular weight excluding hydrogens is 398 g/mol. The van der Waals surface area contributed by atoms with Crippen molar-refractivity contribution < 1.29 is 4.58 Å². The van der Waals surface area contributed by atoms with Gasteiger partial charge in [0.1, 0.15) is 0 Å². The number of rotatable bonds is 3. The summed E-state index contributed by atoms with van der Waals surface area (Å²) >= 11 is 3.73. The highest BCUT2D eigenvalue weighted by Crippen LogP contribution is 2.31. The number of nitrogens with zero attached hydrogens (tertiary/aromatic N) is 3. The highest BCUT2D eigenvalue weighted by molar-refractivity contribution is 9.10. The molecule has 0 aromatic heterocycles. The molecule has 0 spiro atoms. The van der Waals surface area contributed by atoms with Gasteiger partial charge in [-0.05, 0) is 50.8 Å². The van der Waals surface area contributed by atoms with Crippen LogP contribution >= 0.6 is 15.9 Å². The van der Waals surface area contributed by atoms with Gasteiger partial charge in [0.15, 0.2) is 0 Å². The van der Waals surface area contributed by atoms with Crippen molar-refractivity contribution in [3.05, 3.63) is 100 Å². The molecule has 0 amide bonds. The summed E-state index contributed by atoms with van der Waals surface area (Å²) in [5.74, 6) is 1.97. The zero-order valence-electron chi connectivity index (χ0n) is 15.4. The van der Waals surface area contributed by atoms with E-state index >= 15 is 0 Å². The maximum absolute atomic E-state index is 5.03. The van der Waals surface area contributed by atoms with Crippen LogP contribution in [0.1, 0.15) is 16.7 Å². The summed E-state index contributed by atoms with van der Waals surface area (Å²) in [4.78, 5) is 7.32. The predicted molar refractivity (Wildman–Crippen MR) is 116 cm³/mol. The summed E-state index contributed by atoms with van der Waals surface area (Å²) in [5.41, 5.74) is 4.68. The normalized spacial score (nSPS) is 12.6. The minimum Gasteiger partial charge on any atom is -0.300 e. The molecule has 0 aliphatic carbocycles. The van der Waals surface area contributed by atoms with Crippen molar-refractivity contribution in [2.75, 3.05) is 19.0 Å². The molecule has 4 rings (SSSR count). The first-order valence-electron chi connectivity index (χ1n) is 8.94. The van der Waals surface area contributed by atoms with E-state index in [1.165, 1.54) is 11.1 Å². The molecule has 27 heavy (non-hydrogen) atoms. The van der Waals surface area contributed by atoms with Crippen LogP contribution in [-0.2, 0) is 6.54 Å². The zero-order chi connectivity index (χ0) is 18.8. The maximum Gasteiger partial charge on any atom is 0.328 e. The average molecular weight is 419 g/mol. The number of hydrogen-bond acceptors (Lipinski definition) is 1. The predicted octanol–water partition coefficient (Wildman–Crippen LogP) is 4.93. The molecule has 0 fully saturated rings. The van der Waals surface area contributed by atoms with Crippen molar-refractivity contribution in [3.63, 3.8) is 0 Å². The van der Waals surface area contributed by atoms with Crippen LogP contribution in [0.5, 0.6) is 0 Å². The first kappa shape index (κ1) is 17.7. The van der Waals surface area contributed by atoms with Crippen molar-refractivity contribution in [1.29, 1.82) is 0 Å². The van der Waals surface area contributed by atoms with Crippen LogP contribution in [0.15, 0.2) is 88.3 Å². The number of benzene rings is 3. The molecule has 0 atom stereocenters. The molecule has 0 unspecified atom stereocenters. The molecule has 1 heterocycles. The summed E-state index contributed by atoms with van der Waals surface area (Å²) in [6, 6.07) is 27.3. The van der Waals surface area contributed by atoms with E-state index in [1.807, 2.05) is 26.2 Å². The first-order chi connectivity index (χ1) is 13.1. The summed E-state index contributed by atoms with van der Waals surface area (Å²) in [6.45, 7) is 0.747. The summed E-state index contributed by atoms with van der Waals surface area (Å²) < 4.78 is 3.13. The number of amidine groups is 2. The van der Waals surface area contributed by atoms with Gasteiger partial charge in [0.25, 0.3) is 5.84 Å². The van der Waals surface area contributed by atoms with E-state index in [0.717, 1.165) is 33.9 Å². The third kappa shape index (κ3) is 3.45. The van der Waals surface area contributed by atoms with Gasteiger partial charge in [-0.2, -0.15) is 0 Å². The van der Waals surface area contributed by atoms with Gasteiger partial charge in [0, 0.05) is 4.47 Å². The first-order valence-corrected chi connectivity index (χ1v) is 9.73. The van der Waals surface area contributed by atoms with Gasteiger partial charge in [0.2, 0.25) is 0 Å². The van der Waals surface area contributed by atoms with Crippen molar-refractivity contribution in [3.8, 4) is 0 Å². The second kappa shape index (κ2) is 7.49. The second-order valence-corrected chi connectivity index (χ2v) is 7.58. The highest BCUT2D eigenvalue weighted by Gasteiger charge is 2.34. The van der Waals surface area contributed by atoms with Gasteiger partial charge < -0.3 is 0 Å². The fraction of sp³-hybridized carbons (Fsp3) is 0.130. The number of halogens is 1. The summed E-state index contributed by atoms with van der Waals surface area (Å²) in [7, 11) is 4.08. The standard InChI is InChI=1S/C23H21BrN3/c1-26(2)22-18-12-6-7-13-19(18)23(25-22)27(16-17-10-4-3-5-11-17)21-15-9-8-14-20(21)24/h3-15H,16H2,1-2H3/q+1. The van der Waals surface area contributed by atoms with Gasteiger partial charge in [0.05, 0.1) is 37.5 Å². The lowest BCUT2D eigenvalue weighted by atomic mass is 10.1. The molecule has 0 radical (unpaired) electrons.